The van der Waals surface area contributed by atoms with Gasteiger partial charge in [-0.1, -0.05) is 13.8 Å². The van der Waals surface area contributed by atoms with Crippen LogP contribution in [0.1, 0.15) is 36.4 Å². The van der Waals surface area contributed by atoms with E-state index in [0.29, 0.717) is 28.4 Å². The molecule has 1 aromatic rings. The number of thiophene rings is 1. The van der Waals surface area contributed by atoms with Gasteiger partial charge in [0.25, 0.3) is 5.91 Å². The van der Waals surface area contributed by atoms with Gasteiger partial charge in [-0.2, -0.15) is 0 Å². The third kappa shape index (κ3) is 2.07. The van der Waals surface area contributed by atoms with E-state index in [1.165, 1.54) is 17.8 Å². The van der Waals surface area contributed by atoms with E-state index in [0.717, 1.165) is 6.42 Å². The lowest BCUT2D eigenvalue weighted by atomic mass is 9.98. The van der Waals surface area contributed by atoms with Crippen molar-refractivity contribution in [2.24, 2.45) is 11.8 Å². The van der Waals surface area contributed by atoms with Crippen molar-refractivity contribution in [3.05, 3.63) is 16.3 Å². The van der Waals surface area contributed by atoms with E-state index in [9.17, 15) is 4.79 Å². The van der Waals surface area contributed by atoms with Crippen molar-refractivity contribution in [3.63, 3.8) is 0 Å². The monoisotopic (exact) mass is 238 g/mol. The number of nitrogens with two attached hydrogens (primary N) is 1. The summed E-state index contributed by atoms with van der Waals surface area (Å²) in [4.78, 5) is 12.6. The molecule has 4 heteroatoms. The molecular formula is C12H18N2OS. The van der Waals surface area contributed by atoms with Gasteiger partial charge in [-0.3, -0.25) is 4.79 Å². The third-order valence-electron chi connectivity index (χ3n) is 3.68. The highest BCUT2D eigenvalue weighted by molar-refractivity contribution is 7.12. The van der Waals surface area contributed by atoms with Crippen LogP contribution in [0, 0.1) is 11.8 Å². The van der Waals surface area contributed by atoms with Crippen LogP contribution < -0.4 is 11.1 Å². The zero-order valence-electron chi connectivity index (χ0n) is 9.69. The van der Waals surface area contributed by atoms with E-state index < -0.39 is 0 Å². The Balaban J connectivity index is 2.01. The molecule has 2 rings (SSSR count). The first-order valence-electron chi connectivity index (χ1n) is 5.73. The van der Waals surface area contributed by atoms with Crippen LogP contribution in [0.15, 0.2) is 11.4 Å². The molecular weight excluding hydrogens is 220 g/mol. The van der Waals surface area contributed by atoms with Gasteiger partial charge in [0.15, 0.2) is 0 Å². The van der Waals surface area contributed by atoms with Gasteiger partial charge in [0.1, 0.15) is 4.88 Å². The lowest BCUT2D eigenvalue weighted by Gasteiger charge is -2.19. The Morgan fingerprint density at radius 2 is 2.25 bits per heavy atom. The van der Waals surface area contributed by atoms with Crippen molar-refractivity contribution in [2.45, 2.75) is 32.7 Å². The van der Waals surface area contributed by atoms with Gasteiger partial charge in [0.2, 0.25) is 0 Å². The molecule has 16 heavy (non-hydrogen) atoms. The summed E-state index contributed by atoms with van der Waals surface area (Å²) in [5.41, 5.74) is 6.31. The number of amides is 1. The first-order valence-corrected chi connectivity index (χ1v) is 6.61. The van der Waals surface area contributed by atoms with Gasteiger partial charge >= 0.3 is 0 Å². The number of anilines is 1. The molecule has 3 N–H and O–H groups in total. The summed E-state index contributed by atoms with van der Waals surface area (Å²) < 4.78 is 0. The maximum atomic E-state index is 12.0. The Morgan fingerprint density at radius 3 is 2.75 bits per heavy atom. The van der Waals surface area contributed by atoms with Crippen molar-refractivity contribution in [3.8, 4) is 0 Å². The largest absolute Gasteiger partial charge is 0.397 e. The highest BCUT2D eigenvalue weighted by atomic mass is 32.1. The predicted molar refractivity (Wildman–Crippen MR) is 67.5 cm³/mol. The normalized spacial score (nSPS) is 29.2. The lowest BCUT2D eigenvalue weighted by Crippen LogP contribution is -2.37. The smallest absolute Gasteiger partial charge is 0.263 e. The second-order valence-electron chi connectivity index (χ2n) is 4.70. The second kappa shape index (κ2) is 4.45. The van der Waals surface area contributed by atoms with Gasteiger partial charge in [0, 0.05) is 6.04 Å². The third-order valence-corrected chi connectivity index (χ3v) is 4.61. The molecule has 0 aromatic carbocycles. The minimum atomic E-state index is -0.0153. The molecule has 3 nitrogen and oxygen atoms in total. The maximum absolute atomic E-state index is 12.0. The Morgan fingerprint density at radius 1 is 1.50 bits per heavy atom. The molecule has 1 amide bonds. The van der Waals surface area contributed by atoms with Crippen molar-refractivity contribution in [1.29, 1.82) is 0 Å². The highest BCUT2D eigenvalue weighted by Crippen LogP contribution is 2.31. The minimum Gasteiger partial charge on any atom is -0.397 e. The van der Waals surface area contributed by atoms with E-state index >= 15 is 0 Å². The number of hydrogen-bond acceptors (Lipinski definition) is 3. The molecule has 0 bridgehead atoms. The summed E-state index contributed by atoms with van der Waals surface area (Å²) in [5.74, 6) is 1.24. The van der Waals surface area contributed by atoms with E-state index in [4.69, 9.17) is 5.73 Å². The molecule has 88 valence electrons. The number of nitrogen functional groups attached to an aromatic ring is 1. The Labute approximate surface area is 100 Å². The molecule has 0 aliphatic heterocycles. The fourth-order valence-corrected chi connectivity index (χ4v) is 3.03. The summed E-state index contributed by atoms with van der Waals surface area (Å²) in [5, 5.41) is 4.95. The van der Waals surface area contributed by atoms with Crippen LogP contribution in [0.2, 0.25) is 0 Å². The van der Waals surface area contributed by atoms with Crippen molar-refractivity contribution in [1.82, 2.24) is 5.32 Å². The number of carbonyl (C=O) groups excluding carboxylic acids is 1. The molecule has 1 aliphatic carbocycles. The average molecular weight is 238 g/mol. The summed E-state index contributed by atoms with van der Waals surface area (Å²) >= 11 is 1.41. The number of carbonyl (C=O) groups is 1. The zero-order valence-corrected chi connectivity index (χ0v) is 10.5. The van der Waals surface area contributed by atoms with E-state index in [-0.39, 0.29) is 5.91 Å². The predicted octanol–water partition coefficient (Wildman–Crippen LogP) is 2.49. The Hall–Kier alpha value is -1.03. The molecule has 0 spiro atoms. The van der Waals surface area contributed by atoms with Crippen LogP contribution in [0.5, 0.6) is 0 Å². The van der Waals surface area contributed by atoms with Crippen LogP contribution in [0.25, 0.3) is 0 Å². The number of nitrogens with one attached hydrogen (secondary N) is 1. The van der Waals surface area contributed by atoms with Gasteiger partial charge in [-0.05, 0) is 36.1 Å². The number of hydrogen-bond donors (Lipinski definition) is 2. The van der Waals surface area contributed by atoms with Gasteiger partial charge in [0.05, 0.1) is 5.69 Å². The molecule has 1 aromatic heterocycles. The van der Waals surface area contributed by atoms with E-state index in [1.54, 1.807) is 6.07 Å². The van der Waals surface area contributed by atoms with Crippen LogP contribution in [0.4, 0.5) is 5.69 Å². The fraction of sp³-hybridized carbons (Fsp3) is 0.583. The molecule has 1 fully saturated rings. The zero-order chi connectivity index (χ0) is 11.7. The Kier molecular flexibility index (Phi) is 3.19. The molecule has 3 atom stereocenters. The average Bonchev–Trinajstić information content (AvgIpc) is 2.79. The highest BCUT2D eigenvalue weighted by Gasteiger charge is 2.31. The SMILES string of the molecule is CC1CCC(NC(=O)c2sccc2N)C1C. The molecule has 1 aliphatic rings. The van der Waals surface area contributed by atoms with E-state index in [1.807, 2.05) is 5.38 Å². The lowest BCUT2D eigenvalue weighted by molar-refractivity contribution is 0.0932. The summed E-state index contributed by atoms with van der Waals surface area (Å²) in [6.07, 6.45) is 2.28. The standard InChI is InChI=1S/C12H18N2OS/c1-7-3-4-10(8(7)2)14-12(15)11-9(13)5-6-16-11/h5-8,10H,3-4,13H2,1-2H3,(H,14,15). The summed E-state index contributed by atoms with van der Waals surface area (Å²) in [6.45, 7) is 4.46. The molecule has 3 unspecified atom stereocenters. The first-order chi connectivity index (χ1) is 7.59. The van der Waals surface area contributed by atoms with Gasteiger partial charge < -0.3 is 11.1 Å². The van der Waals surface area contributed by atoms with Crippen LogP contribution in [0.3, 0.4) is 0 Å². The van der Waals surface area contributed by atoms with E-state index in [2.05, 4.69) is 19.2 Å². The second-order valence-corrected chi connectivity index (χ2v) is 5.61. The molecule has 1 heterocycles. The minimum absolute atomic E-state index is 0.0153. The van der Waals surface area contributed by atoms with Gasteiger partial charge in [-0.25, -0.2) is 0 Å². The van der Waals surface area contributed by atoms with Gasteiger partial charge in [-0.15, -0.1) is 11.3 Å². The quantitative estimate of drug-likeness (QED) is 0.831. The van der Waals surface area contributed by atoms with Crippen molar-refractivity contribution >= 4 is 22.9 Å². The molecule has 0 radical (unpaired) electrons. The first kappa shape index (κ1) is 11.5. The van der Waals surface area contributed by atoms with Crippen LogP contribution >= 0.6 is 11.3 Å². The molecule has 0 saturated heterocycles. The summed E-state index contributed by atoms with van der Waals surface area (Å²) in [6, 6.07) is 2.09. The number of rotatable bonds is 2. The maximum Gasteiger partial charge on any atom is 0.263 e. The van der Waals surface area contributed by atoms with Crippen molar-refractivity contribution in [2.75, 3.05) is 5.73 Å². The fourth-order valence-electron chi connectivity index (χ4n) is 2.31. The topological polar surface area (TPSA) is 55.1 Å². The Bertz CT molecular complexity index is 388. The van der Waals surface area contributed by atoms with Crippen molar-refractivity contribution < 1.29 is 4.79 Å². The van der Waals surface area contributed by atoms with Crippen LogP contribution in [-0.2, 0) is 0 Å². The molecule has 1 saturated carbocycles. The summed E-state index contributed by atoms with van der Waals surface area (Å²) in [7, 11) is 0. The van der Waals surface area contributed by atoms with Crippen LogP contribution in [-0.4, -0.2) is 11.9 Å².